The summed E-state index contributed by atoms with van der Waals surface area (Å²) in [5.41, 5.74) is 0. The molecule has 0 aromatic heterocycles. The highest BCUT2D eigenvalue weighted by Gasteiger charge is 2.14. The van der Waals surface area contributed by atoms with Crippen molar-refractivity contribution in [2.45, 2.75) is 25.7 Å². The average Bonchev–Trinajstić information content (AvgIpc) is 2.19. The fourth-order valence-electron chi connectivity index (χ4n) is 1.50. The standard InChI is InChI=1S/C9H12N4/c10-5-4-9(12-8-11)13-6-2-1-3-7-13/h1-4,6-7H2. The first kappa shape index (κ1) is 9.54. The van der Waals surface area contributed by atoms with E-state index in [4.69, 9.17) is 10.5 Å². The highest BCUT2D eigenvalue weighted by molar-refractivity contribution is 5.85. The molecule has 0 unspecified atom stereocenters. The first-order valence-corrected chi connectivity index (χ1v) is 4.46. The second-order valence-corrected chi connectivity index (χ2v) is 3.01. The predicted octanol–water partition coefficient (Wildman–Crippen LogP) is 1.27. The molecule has 1 heterocycles. The van der Waals surface area contributed by atoms with Crippen LogP contribution in [0.3, 0.4) is 0 Å². The number of aliphatic imine (C=N–C) groups is 1. The van der Waals surface area contributed by atoms with Crippen molar-refractivity contribution in [3.05, 3.63) is 0 Å². The van der Waals surface area contributed by atoms with Gasteiger partial charge in [0.25, 0.3) is 0 Å². The van der Waals surface area contributed by atoms with Crippen molar-refractivity contribution < 1.29 is 0 Å². The van der Waals surface area contributed by atoms with E-state index < -0.39 is 0 Å². The molecule has 0 saturated carbocycles. The van der Waals surface area contributed by atoms with Crippen molar-refractivity contribution in [2.24, 2.45) is 4.99 Å². The van der Waals surface area contributed by atoms with Crippen LogP contribution < -0.4 is 0 Å². The van der Waals surface area contributed by atoms with Crippen LogP contribution in [0.25, 0.3) is 0 Å². The molecule has 0 amide bonds. The molecule has 13 heavy (non-hydrogen) atoms. The first-order valence-electron chi connectivity index (χ1n) is 4.46. The van der Waals surface area contributed by atoms with Crippen LogP contribution >= 0.6 is 0 Å². The molecule has 0 aromatic rings. The SMILES string of the molecule is N#CCC(=NC#N)N1CCCCC1. The summed E-state index contributed by atoms with van der Waals surface area (Å²) in [7, 11) is 0. The molecule has 0 spiro atoms. The maximum Gasteiger partial charge on any atom is 0.207 e. The molecule has 1 rings (SSSR count). The maximum absolute atomic E-state index is 8.53. The second-order valence-electron chi connectivity index (χ2n) is 3.01. The van der Waals surface area contributed by atoms with Crippen LogP contribution in [0.5, 0.6) is 0 Å². The van der Waals surface area contributed by atoms with E-state index in [-0.39, 0.29) is 6.42 Å². The fraction of sp³-hybridized carbons (Fsp3) is 0.667. The highest BCUT2D eigenvalue weighted by Crippen LogP contribution is 2.10. The summed E-state index contributed by atoms with van der Waals surface area (Å²) < 4.78 is 0. The third-order valence-corrected chi connectivity index (χ3v) is 2.14. The number of hydrogen-bond donors (Lipinski definition) is 0. The van der Waals surface area contributed by atoms with Gasteiger partial charge in [-0.15, -0.1) is 0 Å². The number of amidine groups is 1. The lowest BCUT2D eigenvalue weighted by molar-refractivity contribution is 0.339. The molecule has 0 radical (unpaired) electrons. The third kappa shape index (κ3) is 2.76. The lowest BCUT2D eigenvalue weighted by Gasteiger charge is -2.28. The minimum absolute atomic E-state index is 0.244. The van der Waals surface area contributed by atoms with Crippen LogP contribution in [0.15, 0.2) is 4.99 Å². The molecule has 1 aliphatic heterocycles. The quantitative estimate of drug-likeness (QED) is 0.343. The molecule has 1 aliphatic rings. The van der Waals surface area contributed by atoms with Crippen LogP contribution in [-0.2, 0) is 0 Å². The number of likely N-dealkylation sites (tertiary alicyclic amines) is 1. The number of rotatable bonds is 1. The lowest BCUT2D eigenvalue weighted by Crippen LogP contribution is -2.35. The molecule has 0 aromatic carbocycles. The van der Waals surface area contributed by atoms with Crippen LogP contribution in [-0.4, -0.2) is 23.8 Å². The van der Waals surface area contributed by atoms with Gasteiger partial charge in [-0.1, -0.05) is 0 Å². The summed E-state index contributed by atoms with van der Waals surface area (Å²) in [4.78, 5) is 5.70. The summed E-state index contributed by atoms with van der Waals surface area (Å²) in [5, 5.41) is 16.9. The van der Waals surface area contributed by atoms with Gasteiger partial charge < -0.3 is 4.90 Å². The molecule has 0 atom stereocenters. The zero-order valence-electron chi connectivity index (χ0n) is 7.53. The summed E-state index contributed by atoms with van der Waals surface area (Å²) in [6.45, 7) is 1.87. The minimum atomic E-state index is 0.244. The first-order chi connectivity index (χ1) is 6.38. The van der Waals surface area contributed by atoms with Gasteiger partial charge in [0.2, 0.25) is 6.19 Å². The zero-order chi connectivity index (χ0) is 9.52. The van der Waals surface area contributed by atoms with Gasteiger partial charge in [-0.3, -0.25) is 0 Å². The Morgan fingerprint density at radius 3 is 2.46 bits per heavy atom. The highest BCUT2D eigenvalue weighted by atomic mass is 15.2. The maximum atomic E-state index is 8.53. The zero-order valence-corrected chi connectivity index (χ0v) is 7.53. The van der Waals surface area contributed by atoms with Crippen molar-refractivity contribution in [3.8, 4) is 12.3 Å². The average molecular weight is 176 g/mol. The van der Waals surface area contributed by atoms with Crippen molar-refractivity contribution in [1.29, 1.82) is 10.5 Å². The number of nitrogens with zero attached hydrogens (tertiary/aromatic N) is 4. The molecule has 0 bridgehead atoms. The normalized spacial score (nSPS) is 17.7. The Kier molecular flexibility index (Phi) is 3.78. The molecule has 4 nitrogen and oxygen atoms in total. The number of piperidine rings is 1. The third-order valence-electron chi connectivity index (χ3n) is 2.14. The number of nitriles is 2. The number of hydrogen-bond acceptors (Lipinski definition) is 3. The van der Waals surface area contributed by atoms with Gasteiger partial charge in [0, 0.05) is 13.1 Å². The van der Waals surface area contributed by atoms with Gasteiger partial charge in [0.15, 0.2) is 0 Å². The minimum Gasteiger partial charge on any atom is -0.358 e. The summed E-state index contributed by atoms with van der Waals surface area (Å²) in [5.74, 6) is 0.629. The smallest absolute Gasteiger partial charge is 0.207 e. The van der Waals surface area contributed by atoms with Crippen molar-refractivity contribution in [2.75, 3.05) is 13.1 Å². The molecule has 1 fully saturated rings. The Bertz CT molecular complexity index is 262. The molecular weight excluding hydrogens is 164 g/mol. The molecule has 0 N–H and O–H groups in total. The van der Waals surface area contributed by atoms with Gasteiger partial charge in [0.05, 0.1) is 12.5 Å². The van der Waals surface area contributed by atoms with Gasteiger partial charge in [0.1, 0.15) is 5.84 Å². The fourth-order valence-corrected chi connectivity index (χ4v) is 1.50. The van der Waals surface area contributed by atoms with Gasteiger partial charge in [-0.25, -0.2) is 0 Å². The second kappa shape index (κ2) is 5.16. The van der Waals surface area contributed by atoms with Crippen molar-refractivity contribution in [3.63, 3.8) is 0 Å². The van der Waals surface area contributed by atoms with Crippen LogP contribution in [0.2, 0.25) is 0 Å². The summed E-state index contributed by atoms with van der Waals surface area (Å²) >= 11 is 0. The largest absolute Gasteiger partial charge is 0.358 e. The summed E-state index contributed by atoms with van der Waals surface area (Å²) in [6, 6.07) is 2.03. The molecular formula is C9H12N4. The van der Waals surface area contributed by atoms with Crippen LogP contribution in [0.1, 0.15) is 25.7 Å². The Morgan fingerprint density at radius 2 is 1.92 bits per heavy atom. The Hall–Kier alpha value is -1.55. The van der Waals surface area contributed by atoms with Crippen LogP contribution in [0, 0.1) is 22.8 Å². The van der Waals surface area contributed by atoms with Crippen molar-refractivity contribution >= 4 is 5.84 Å². The van der Waals surface area contributed by atoms with Crippen LogP contribution in [0.4, 0.5) is 0 Å². The van der Waals surface area contributed by atoms with Crippen molar-refractivity contribution in [1.82, 2.24) is 4.90 Å². The van der Waals surface area contributed by atoms with E-state index >= 15 is 0 Å². The Labute approximate surface area is 78.1 Å². The van der Waals surface area contributed by atoms with E-state index in [1.54, 1.807) is 6.19 Å². The summed E-state index contributed by atoms with van der Waals surface area (Å²) in [6.07, 6.45) is 5.50. The molecule has 0 aliphatic carbocycles. The van der Waals surface area contributed by atoms with E-state index in [0.29, 0.717) is 5.84 Å². The molecule has 4 heteroatoms. The lowest BCUT2D eigenvalue weighted by atomic mass is 10.1. The van der Waals surface area contributed by atoms with E-state index in [0.717, 1.165) is 25.9 Å². The van der Waals surface area contributed by atoms with E-state index in [9.17, 15) is 0 Å². The van der Waals surface area contributed by atoms with E-state index in [2.05, 4.69) is 4.99 Å². The monoisotopic (exact) mass is 176 g/mol. The Balaban J connectivity index is 2.59. The Morgan fingerprint density at radius 1 is 1.23 bits per heavy atom. The van der Waals surface area contributed by atoms with E-state index in [1.807, 2.05) is 11.0 Å². The topological polar surface area (TPSA) is 63.2 Å². The van der Waals surface area contributed by atoms with Gasteiger partial charge in [-0.2, -0.15) is 15.5 Å². The van der Waals surface area contributed by atoms with Gasteiger partial charge in [-0.05, 0) is 19.3 Å². The predicted molar refractivity (Wildman–Crippen MR) is 48.7 cm³/mol. The van der Waals surface area contributed by atoms with E-state index in [1.165, 1.54) is 6.42 Å². The molecule has 1 saturated heterocycles. The molecule has 68 valence electrons. The van der Waals surface area contributed by atoms with Gasteiger partial charge >= 0.3 is 0 Å².